The zero-order valence-corrected chi connectivity index (χ0v) is 14.4. The van der Waals surface area contributed by atoms with Gasteiger partial charge in [-0.3, -0.25) is 4.79 Å². The lowest BCUT2D eigenvalue weighted by Crippen LogP contribution is -2.52. The van der Waals surface area contributed by atoms with E-state index in [1.807, 2.05) is 31.7 Å². The first-order valence-electron chi connectivity index (χ1n) is 6.79. The lowest BCUT2D eigenvalue weighted by Gasteiger charge is -2.33. The van der Waals surface area contributed by atoms with Crippen molar-refractivity contribution in [3.8, 4) is 0 Å². The average Bonchev–Trinajstić information content (AvgIpc) is 2.82. The van der Waals surface area contributed by atoms with Gasteiger partial charge in [-0.25, -0.2) is 9.50 Å². The number of hydrogen-bond acceptors (Lipinski definition) is 5. The van der Waals surface area contributed by atoms with Crippen LogP contribution in [-0.2, 0) is 0 Å². The van der Waals surface area contributed by atoms with Gasteiger partial charge in [-0.1, -0.05) is 0 Å². The first kappa shape index (κ1) is 18.6. The van der Waals surface area contributed by atoms with Gasteiger partial charge >= 0.3 is 0 Å². The molecule has 9 heteroatoms. The smallest absolute Gasteiger partial charge is 0.293 e. The molecule has 7 nitrogen and oxygen atoms in total. The minimum Gasteiger partial charge on any atom is -0.331 e. The van der Waals surface area contributed by atoms with Gasteiger partial charge < -0.3 is 10.2 Å². The fourth-order valence-electron chi connectivity index (χ4n) is 2.53. The van der Waals surface area contributed by atoms with E-state index in [2.05, 4.69) is 20.4 Å². The van der Waals surface area contributed by atoms with Crippen molar-refractivity contribution in [1.29, 1.82) is 0 Å². The van der Waals surface area contributed by atoms with Crippen molar-refractivity contribution in [1.82, 2.24) is 29.8 Å². The van der Waals surface area contributed by atoms with Gasteiger partial charge in [0.1, 0.15) is 0 Å². The number of nitrogens with zero attached hydrogens (tertiary/aromatic N) is 5. The van der Waals surface area contributed by atoms with Gasteiger partial charge in [0.2, 0.25) is 5.82 Å². The minimum absolute atomic E-state index is 0. The maximum atomic E-state index is 12.5. The molecule has 1 amide bonds. The Hall–Kier alpha value is -1.44. The Labute approximate surface area is 141 Å². The Morgan fingerprint density at radius 1 is 1.32 bits per heavy atom. The third-order valence-electron chi connectivity index (χ3n) is 3.57. The topological polar surface area (TPSA) is 75.4 Å². The maximum Gasteiger partial charge on any atom is 0.293 e. The first-order chi connectivity index (χ1) is 9.56. The van der Waals surface area contributed by atoms with Gasteiger partial charge in [0.25, 0.3) is 11.7 Å². The molecule has 0 spiro atoms. The summed E-state index contributed by atoms with van der Waals surface area (Å²) in [5.41, 5.74) is 1.80. The highest BCUT2D eigenvalue weighted by Crippen LogP contribution is 2.10. The molecular weight excluding hydrogens is 327 g/mol. The summed E-state index contributed by atoms with van der Waals surface area (Å²) in [6.07, 6.45) is 0. The van der Waals surface area contributed by atoms with E-state index in [1.165, 1.54) is 0 Å². The van der Waals surface area contributed by atoms with Crippen LogP contribution in [0.1, 0.15) is 28.9 Å². The Balaban J connectivity index is 0.00000121. The standard InChI is InChI=1S/C13H18N6O.2ClH/c1-8-6-9(2)19-13(15-8)16-11(17-19)12(20)18-5-4-14-7-10(18)3;;/h6,10,14H,4-5,7H2,1-3H3;2*1H/t10-;;/m1../s1. The number of rotatable bonds is 1. The van der Waals surface area contributed by atoms with Crippen molar-refractivity contribution in [2.24, 2.45) is 0 Å². The van der Waals surface area contributed by atoms with Crippen LogP contribution in [0.3, 0.4) is 0 Å². The summed E-state index contributed by atoms with van der Waals surface area (Å²) in [4.78, 5) is 22.9. The molecule has 3 heterocycles. The Morgan fingerprint density at radius 3 is 2.73 bits per heavy atom. The second-order valence-electron chi connectivity index (χ2n) is 5.24. The molecule has 0 aromatic carbocycles. The van der Waals surface area contributed by atoms with Crippen LogP contribution in [0.15, 0.2) is 6.07 Å². The van der Waals surface area contributed by atoms with Crippen LogP contribution in [0, 0.1) is 13.8 Å². The van der Waals surface area contributed by atoms with Crippen LogP contribution in [-0.4, -0.2) is 56.1 Å². The molecule has 1 saturated heterocycles. The van der Waals surface area contributed by atoms with E-state index < -0.39 is 0 Å². The molecule has 122 valence electrons. The molecule has 1 fully saturated rings. The number of aryl methyl sites for hydroxylation is 2. The number of fused-ring (bicyclic) bond motifs is 1. The Morgan fingerprint density at radius 2 is 2.05 bits per heavy atom. The van der Waals surface area contributed by atoms with Gasteiger partial charge in [0.15, 0.2) is 0 Å². The highest BCUT2D eigenvalue weighted by Gasteiger charge is 2.27. The summed E-state index contributed by atoms with van der Waals surface area (Å²) in [7, 11) is 0. The summed E-state index contributed by atoms with van der Waals surface area (Å²) in [6, 6.07) is 2.07. The molecule has 1 aliphatic rings. The number of carbonyl (C=O) groups is 1. The SMILES string of the molecule is Cc1cc(C)n2nc(C(=O)N3CCNC[C@H]3C)nc2n1.Cl.Cl. The quantitative estimate of drug-likeness (QED) is 0.834. The summed E-state index contributed by atoms with van der Waals surface area (Å²) in [6.45, 7) is 8.14. The molecule has 0 aliphatic carbocycles. The normalized spacial score (nSPS) is 17.8. The number of piperazine rings is 1. The van der Waals surface area contributed by atoms with Gasteiger partial charge in [0, 0.05) is 37.1 Å². The fraction of sp³-hybridized carbons (Fsp3) is 0.538. The van der Waals surface area contributed by atoms with Crippen LogP contribution in [0.25, 0.3) is 5.78 Å². The summed E-state index contributed by atoms with van der Waals surface area (Å²) in [5.74, 6) is 0.579. The van der Waals surface area contributed by atoms with Crippen molar-refractivity contribution in [3.63, 3.8) is 0 Å². The van der Waals surface area contributed by atoms with Crippen LogP contribution >= 0.6 is 24.8 Å². The second-order valence-corrected chi connectivity index (χ2v) is 5.24. The van der Waals surface area contributed by atoms with Crippen molar-refractivity contribution < 1.29 is 4.79 Å². The first-order valence-corrected chi connectivity index (χ1v) is 6.79. The molecule has 0 unspecified atom stereocenters. The summed E-state index contributed by atoms with van der Waals surface area (Å²) >= 11 is 0. The number of nitrogens with one attached hydrogen (secondary N) is 1. The third kappa shape index (κ3) is 3.31. The number of halogens is 2. The van der Waals surface area contributed by atoms with Crippen molar-refractivity contribution in [3.05, 3.63) is 23.3 Å². The predicted octanol–water partition coefficient (Wildman–Crippen LogP) is 1.02. The van der Waals surface area contributed by atoms with Gasteiger partial charge in [0.05, 0.1) is 0 Å². The van der Waals surface area contributed by atoms with Crippen molar-refractivity contribution in [2.45, 2.75) is 26.8 Å². The lowest BCUT2D eigenvalue weighted by molar-refractivity contribution is 0.0643. The van der Waals surface area contributed by atoms with Gasteiger partial charge in [-0.05, 0) is 26.8 Å². The molecule has 0 bridgehead atoms. The zero-order valence-electron chi connectivity index (χ0n) is 12.7. The molecule has 2 aromatic rings. The second kappa shape index (κ2) is 7.21. The van der Waals surface area contributed by atoms with Crippen LogP contribution in [0.2, 0.25) is 0 Å². The van der Waals surface area contributed by atoms with E-state index in [0.29, 0.717) is 12.3 Å². The largest absolute Gasteiger partial charge is 0.331 e. The minimum atomic E-state index is -0.124. The monoisotopic (exact) mass is 346 g/mol. The predicted molar refractivity (Wildman–Crippen MR) is 88.1 cm³/mol. The van der Waals surface area contributed by atoms with E-state index in [-0.39, 0.29) is 42.6 Å². The van der Waals surface area contributed by atoms with E-state index in [4.69, 9.17) is 0 Å². The fourth-order valence-corrected chi connectivity index (χ4v) is 2.53. The molecular formula is C13H20Cl2N6O. The van der Waals surface area contributed by atoms with Gasteiger partial charge in [-0.2, -0.15) is 4.98 Å². The number of amides is 1. The molecule has 0 saturated carbocycles. The Bertz CT molecular complexity index is 674. The average molecular weight is 347 g/mol. The molecule has 1 aliphatic heterocycles. The number of aromatic nitrogens is 4. The van der Waals surface area contributed by atoms with E-state index in [1.54, 1.807) is 4.52 Å². The number of hydrogen-bond donors (Lipinski definition) is 1. The Kier molecular flexibility index (Phi) is 6.10. The molecule has 1 N–H and O–H groups in total. The van der Waals surface area contributed by atoms with Crippen LogP contribution in [0.4, 0.5) is 0 Å². The van der Waals surface area contributed by atoms with Crippen LogP contribution < -0.4 is 5.32 Å². The van der Waals surface area contributed by atoms with Gasteiger partial charge in [-0.15, -0.1) is 29.9 Å². The molecule has 0 radical (unpaired) electrons. The zero-order chi connectivity index (χ0) is 14.3. The van der Waals surface area contributed by atoms with E-state index in [0.717, 1.165) is 24.5 Å². The van der Waals surface area contributed by atoms with E-state index in [9.17, 15) is 4.79 Å². The summed E-state index contributed by atoms with van der Waals surface area (Å²) < 4.78 is 1.62. The lowest BCUT2D eigenvalue weighted by atomic mass is 10.2. The summed E-state index contributed by atoms with van der Waals surface area (Å²) in [5, 5.41) is 7.56. The van der Waals surface area contributed by atoms with Crippen molar-refractivity contribution in [2.75, 3.05) is 19.6 Å². The highest BCUT2D eigenvalue weighted by molar-refractivity contribution is 5.91. The number of carbonyl (C=O) groups excluding carboxylic acids is 1. The maximum absolute atomic E-state index is 12.5. The highest BCUT2D eigenvalue weighted by atomic mass is 35.5. The molecule has 3 rings (SSSR count). The van der Waals surface area contributed by atoms with Crippen LogP contribution in [0.5, 0.6) is 0 Å². The molecule has 1 atom stereocenters. The third-order valence-corrected chi connectivity index (χ3v) is 3.57. The van der Waals surface area contributed by atoms with E-state index >= 15 is 0 Å². The molecule has 22 heavy (non-hydrogen) atoms. The van der Waals surface area contributed by atoms with Crippen molar-refractivity contribution >= 4 is 36.5 Å². The molecule has 2 aromatic heterocycles.